The number of nitrogens with zero attached hydrogens (tertiary/aromatic N) is 3. The Morgan fingerprint density at radius 3 is 3.17 bits per heavy atom. The van der Waals surface area contributed by atoms with Gasteiger partial charge in [0.1, 0.15) is 4.88 Å². The van der Waals surface area contributed by atoms with Gasteiger partial charge in [-0.25, -0.2) is 0 Å². The van der Waals surface area contributed by atoms with Gasteiger partial charge in [-0.2, -0.15) is 4.99 Å². The lowest BCUT2D eigenvalue weighted by molar-refractivity contribution is 0.101. The molecule has 1 amide bonds. The Bertz CT molecular complexity index is 340. The van der Waals surface area contributed by atoms with Crippen LogP contribution in [0.4, 0.5) is 0 Å². The maximum Gasteiger partial charge on any atom is 0.299 e. The number of thiocarbonyl (C=S) groups is 1. The summed E-state index contributed by atoms with van der Waals surface area (Å²) < 4.78 is 3.65. The number of isothiocyanates is 1. The molecule has 0 saturated carbocycles. The summed E-state index contributed by atoms with van der Waals surface area (Å²) in [6.45, 7) is 1.90. The molecule has 0 unspecified atom stereocenters. The highest BCUT2D eigenvalue weighted by Crippen LogP contribution is 2.11. The average Bonchev–Trinajstić information content (AvgIpc) is 2.51. The predicted octanol–water partition coefficient (Wildman–Crippen LogP) is 1.34. The summed E-state index contributed by atoms with van der Waals surface area (Å²) in [5.74, 6) is -0.406. The normalized spacial score (nSPS) is 9.08. The second kappa shape index (κ2) is 4.15. The molecule has 12 heavy (non-hydrogen) atoms. The fourth-order valence-corrected chi connectivity index (χ4v) is 1.41. The molecule has 62 valence electrons. The van der Waals surface area contributed by atoms with Gasteiger partial charge in [-0.05, 0) is 30.2 Å². The van der Waals surface area contributed by atoms with Gasteiger partial charge >= 0.3 is 0 Å². The minimum absolute atomic E-state index is 0.406. The monoisotopic (exact) mass is 199 g/mol. The number of hydrogen-bond acceptors (Lipinski definition) is 5. The average molecular weight is 199 g/mol. The molecule has 1 aromatic heterocycles. The van der Waals surface area contributed by atoms with Crippen molar-refractivity contribution in [2.75, 3.05) is 0 Å². The molecule has 4 nitrogen and oxygen atoms in total. The molecular weight excluding hydrogens is 194 g/mol. The topological polar surface area (TPSA) is 55.2 Å². The van der Waals surface area contributed by atoms with Crippen LogP contribution in [0.2, 0.25) is 0 Å². The van der Waals surface area contributed by atoms with Crippen molar-refractivity contribution < 1.29 is 4.79 Å². The Balaban J connectivity index is 3.01. The first-order valence-corrected chi connectivity index (χ1v) is 4.41. The number of hydrogen-bond donors (Lipinski definition) is 0. The highest BCUT2D eigenvalue weighted by Gasteiger charge is 2.13. The zero-order valence-corrected chi connectivity index (χ0v) is 7.91. The second-order valence-corrected chi connectivity index (χ2v) is 2.85. The minimum Gasteiger partial charge on any atom is -0.265 e. The Morgan fingerprint density at radius 1 is 1.83 bits per heavy atom. The summed E-state index contributed by atoms with van der Waals surface area (Å²) in [7, 11) is 0. The third-order valence-corrected chi connectivity index (χ3v) is 2.08. The first-order chi connectivity index (χ1) is 5.79. The van der Waals surface area contributed by atoms with Gasteiger partial charge in [-0.1, -0.05) is 11.4 Å². The lowest BCUT2D eigenvalue weighted by Gasteiger charge is -1.88. The third kappa shape index (κ3) is 1.79. The van der Waals surface area contributed by atoms with E-state index in [4.69, 9.17) is 0 Å². The zero-order valence-electron chi connectivity index (χ0n) is 6.27. The van der Waals surface area contributed by atoms with E-state index in [1.165, 1.54) is 0 Å². The summed E-state index contributed by atoms with van der Waals surface area (Å²) in [6.07, 6.45) is 0.671. The van der Waals surface area contributed by atoms with Crippen LogP contribution in [0.3, 0.4) is 0 Å². The van der Waals surface area contributed by atoms with Crippen molar-refractivity contribution in [2.45, 2.75) is 13.3 Å². The number of aliphatic imine (C=N–C) groups is 1. The quantitative estimate of drug-likeness (QED) is 0.533. The van der Waals surface area contributed by atoms with Crippen LogP contribution in [0.5, 0.6) is 0 Å². The minimum atomic E-state index is -0.406. The van der Waals surface area contributed by atoms with Crippen molar-refractivity contribution >= 4 is 34.8 Å². The van der Waals surface area contributed by atoms with Crippen molar-refractivity contribution in [1.29, 1.82) is 0 Å². The van der Waals surface area contributed by atoms with E-state index in [1.54, 1.807) is 0 Å². The van der Waals surface area contributed by atoms with Crippen LogP contribution in [0.15, 0.2) is 4.99 Å². The molecule has 0 saturated heterocycles. The van der Waals surface area contributed by atoms with Gasteiger partial charge in [0.05, 0.1) is 10.9 Å². The Morgan fingerprint density at radius 2 is 2.58 bits per heavy atom. The molecule has 0 spiro atoms. The molecule has 0 aliphatic heterocycles. The molecule has 1 aromatic rings. The lowest BCUT2D eigenvalue weighted by atomic mass is 10.3. The standard InChI is InChI=1S/C6H5N3OS2/c1-2-4-5(12-9-8-4)6(10)7-3-11/h2H2,1H3. The highest BCUT2D eigenvalue weighted by molar-refractivity contribution is 7.78. The maximum absolute atomic E-state index is 11.1. The second-order valence-electron chi connectivity index (χ2n) is 1.91. The van der Waals surface area contributed by atoms with Crippen molar-refractivity contribution in [2.24, 2.45) is 4.99 Å². The number of aromatic nitrogens is 2. The number of rotatable bonds is 2. The molecule has 0 bridgehead atoms. The molecule has 0 aliphatic carbocycles. The van der Waals surface area contributed by atoms with Gasteiger partial charge in [0.25, 0.3) is 5.91 Å². The van der Waals surface area contributed by atoms with E-state index in [9.17, 15) is 4.79 Å². The fraction of sp³-hybridized carbons (Fsp3) is 0.333. The van der Waals surface area contributed by atoms with Crippen LogP contribution < -0.4 is 0 Å². The van der Waals surface area contributed by atoms with Crippen molar-refractivity contribution in [3.8, 4) is 0 Å². The SMILES string of the molecule is CCc1nnsc1C(=O)N=C=S. The summed E-state index contributed by atoms with van der Waals surface area (Å²) in [4.78, 5) is 14.9. The van der Waals surface area contributed by atoms with E-state index in [1.807, 2.05) is 12.1 Å². The summed E-state index contributed by atoms with van der Waals surface area (Å²) in [5.41, 5.74) is 0.666. The van der Waals surface area contributed by atoms with Gasteiger partial charge in [0.15, 0.2) is 0 Å². The first kappa shape index (κ1) is 9.12. The molecule has 0 aromatic carbocycles. The molecule has 0 N–H and O–H groups in total. The fourth-order valence-electron chi connectivity index (χ4n) is 0.695. The summed E-state index contributed by atoms with van der Waals surface area (Å²) in [6, 6.07) is 0. The molecule has 1 rings (SSSR count). The van der Waals surface area contributed by atoms with Gasteiger partial charge in [-0.15, -0.1) is 5.10 Å². The largest absolute Gasteiger partial charge is 0.299 e. The van der Waals surface area contributed by atoms with Crippen molar-refractivity contribution in [1.82, 2.24) is 9.59 Å². The van der Waals surface area contributed by atoms with E-state index in [0.717, 1.165) is 11.5 Å². The van der Waals surface area contributed by atoms with Gasteiger partial charge in [0.2, 0.25) is 0 Å². The highest BCUT2D eigenvalue weighted by atomic mass is 32.1. The van der Waals surface area contributed by atoms with Crippen LogP contribution in [0.1, 0.15) is 22.3 Å². The zero-order chi connectivity index (χ0) is 8.97. The first-order valence-electron chi connectivity index (χ1n) is 3.23. The summed E-state index contributed by atoms with van der Waals surface area (Å²) in [5, 5.41) is 5.78. The molecule has 0 atom stereocenters. The van der Waals surface area contributed by atoms with Gasteiger partial charge in [-0.3, -0.25) is 4.79 Å². The van der Waals surface area contributed by atoms with Crippen molar-refractivity contribution in [3.05, 3.63) is 10.6 Å². The van der Waals surface area contributed by atoms with E-state index in [-0.39, 0.29) is 0 Å². The summed E-state index contributed by atoms with van der Waals surface area (Å²) >= 11 is 5.34. The van der Waals surface area contributed by atoms with Crippen LogP contribution in [-0.4, -0.2) is 20.7 Å². The molecule has 0 aliphatic rings. The Kier molecular flexibility index (Phi) is 3.16. The Labute approximate surface area is 78.5 Å². The Hall–Kier alpha value is -0.970. The number of carbonyl (C=O) groups excluding carboxylic acids is 1. The number of carbonyl (C=O) groups is 1. The van der Waals surface area contributed by atoms with Crippen LogP contribution in [0.25, 0.3) is 0 Å². The predicted molar refractivity (Wildman–Crippen MR) is 48.6 cm³/mol. The third-order valence-electron chi connectivity index (χ3n) is 1.23. The van der Waals surface area contributed by atoms with Crippen LogP contribution in [0, 0.1) is 0 Å². The number of aryl methyl sites for hydroxylation is 1. The van der Waals surface area contributed by atoms with E-state index >= 15 is 0 Å². The lowest BCUT2D eigenvalue weighted by Crippen LogP contribution is -1.95. The van der Waals surface area contributed by atoms with Gasteiger partial charge < -0.3 is 0 Å². The molecule has 0 radical (unpaired) electrons. The molecule has 1 heterocycles. The molecule has 6 heteroatoms. The number of amides is 1. The van der Waals surface area contributed by atoms with E-state index in [2.05, 4.69) is 26.8 Å². The van der Waals surface area contributed by atoms with Gasteiger partial charge in [0, 0.05) is 0 Å². The maximum atomic E-state index is 11.1. The van der Waals surface area contributed by atoms with E-state index in [0.29, 0.717) is 17.0 Å². The van der Waals surface area contributed by atoms with Crippen LogP contribution in [-0.2, 0) is 6.42 Å². The molecular formula is C6H5N3OS2. The van der Waals surface area contributed by atoms with Crippen molar-refractivity contribution in [3.63, 3.8) is 0 Å². The van der Waals surface area contributed by atoms with Crippen LogP contribution >= 0.6 is 23.8 Å². The molecule has 0 fully saturated rings. The van der Waals surface area contributed by atoms with E-state index < -0.39 is 5.91 Å². The smallest absolute Gasteiger partial charge is 0.265 e.